The first-order valence-corrected chi connectivity index (χ1v) is 4.71. The first kappa shape index (κ1) is 9.05. The third-order valence-corrected chi connectivity index (χ3v) is 2.55. The van der Waals surface area contributed by atoms with E-state index in [0.717, 1.165) is 24.1 Å². The Morgan fingerprint density at radius 3 is 3.29 bits per heavy atom. The Morgan fingerprint density at radius 1 is 1.64 bits per heavy atom. The van der Waals surface area contributed by atoms with Crippen molar-refractivity contribution in [3.8, 4) is 0 Å². The van der Waals surface area contributed by atoms with Gasteiger partial charge in [0, 0.05) is 18.8 Å². The van der Waals surface area contributed by atoms with Gasteiger partial charge in [0.1, 0.15) is 0 Å². The number of nitrogens with zero attached hydrogens (tertiary/aromatic N) is 2. The fraction of sp³-hybridized carbons (Fsp3) is 0.556. The van der Waals surface area contributed by atoms with Gasteiger partial charge in [0.05, 0.1) is 12.9 Å². The average molecular weight is 195 g/mol. The van der Waals surface area contributed by atoms with Crippen molar-refractivity contribution >= 4 is 12.4 Å². The molecule has 0 atom stereocenters. The fourth-order valence-corrected chi connectivity index (χ4v) is 1.79. The first-order chi connectivity index (χ1) is 6.77. The second kappa shape index (κ2) is 3.69. The normalized spacial score (nSPS) is 21.3. The zero-order chi connectivity index (χ0) is 9.97. The highest BCUT2D eigenvalue weighted by atomic mass is 16.4. The Balaban J connectivity index is 2.13. The predicted octanol–water partition coefficient (Wildman–Crippen LogP) is 0.646. The quantitative estimate of drug-likeness (QED) is 0.596. The van der Waals surface area contributed by atoms with E-state index in [2.05, 4.69) is 10.3 Å². The molecule has 0 radical (unpaired) electrons. The van der Waals surface area contributed by atoms with E-state index in [9.17, 15) is 4.79 Å². The maximum atomic E-state index is 10.8. The van der Waals surface area contributed by atoms with Crippen LogP contribution in [0.3, 0.4) is 0 Å². The minimum absolute atomic E-state index is 0.495. The molecule has 1 amide bonds. The highest BCUT2D eigenvalue weighted by Crippen LogP contribution is 2.17. The van der Waals surface area contributed by atoms with Crippen molar-refractivity contribution in [3.63, 3.8) is 0 Å². The van der Waals surface area contributed by atoms with Crippen molar-refractivity contribution in [2.45, 2.75) is 12.8 Å². The van der Waals surface area contributed by atoms with Crippen LogP contribution in [0.15, 0.2) is 16.3 Å². The van der Waals surface area contributed by atoms with E-state index in [-0.39, 0.29) is 0 Å². The Bertz CT molecular complexity index is 309. The van der Waals surface area contributed by atoms with Gasteiger partial charge >= 0.3 is 6.09 Å². The van der Waals surface area contributed by atoms with Gasteiger partial charge < -0.3 is 15.3 Å². The summed E-state index contributed by atoms with van der Waals surface area (Å²) in [6.07, 6.45) is 2.65. The summed E-state index contributed by atoms with van der Waals surface area (Å²) < 4.78 is 0. The largest absolute Gasteiger partial charge is 0.465 e. The summed E-state index contributed by atoms with van der Waals surface area (Å²) in [5, 5.41) is 12.0. The molecular weight excluding hydrogens is 182 g/mol. The number of allylic oxidation sites excluding steroid dienone is 1. The summed E-state index contributed by atoms with van der Waals surface area (Å²) in [7, 11) is 0. The van der Waals surface area contributed by atoms with Crippen LogP contribution < -0.4 is 5.32 Å². The first-order valence-electron chi connectivity index (χ1n) is 4.71. The third kappa shape index (κ3) is 1.71. The predicted molar refractivity (Wildman–Crippen MR) is 52.4 cm³/mol. The highest BCUT2D eigenvalue weighted by Gasteiger charge is 2.20. The van der Waals surface area contributed by atoms with Gasteiger partial charge in [-0.1, -0.05) is 0 Å². The molecule has 0 unspecified atom stereocenters. The van der Waals surface area contributed by atoms with Crippen molar-refractivity contribution in [3.05, 3.63) is 11.3 Å². The molecule has 2 N–H and O–H groups in total. The number of hydrogen-bond acceptors (Lipinski definition) is 3. The van der Waals surface area contributed by atoms with Gasteiger partial charge in [-0.25, -0.2) is 4.79 Å². The monoisotopic (exact) mass is 195 g/mol. The molecule has 5 heteroatoms. The molecule has 2 aliphatic heterocycles. The Labute approximate surface area is 82.1 Å². The molecule has 0 aromatic heterocycles. The molecule has 2 heterocycles. The average Bonchev–Trinajstić information content (AvgIpc) is 2.39. The lowest BCUT2D eigenvalue weighted by Crippen LogP contribution is -2.32. The van der Waals surface area contributed by atoms with Gasteiger partial charge in [0.25, 0.3) is 0 Å². The zero-order valence-electron chi connectivity index (χ0n) is 7.86. The Kier molecular flexibility index (Phi) is 2.39. The Morgan fingerprint density at radius 2 is 2.50 bits per heavy atom. The number of aliphatic imine (C=N–C) groups is 1. The molecule has 2 aliphatic rings. The van der Waals surface area contributed by atoms with Crippen LogP contribution in [0.4, 0.5) is 4.79 Å². The second-order valence-corrected chi connectivity index (χ2v) is 3.50. The van der Waals surface area contributed by atoms with Crippen molar-refractivity contribution in [2.75, 3.05) is 19.6 Å². The molecule has 0 aromatic rings. The van der Waals surface area contributed by atoms with Gasteiger partial charge in [0.2, 0.25) is 0 Å². The number of carboxylic acid groups (broad SMARTS) is 1. The maximum absolute atomic E-state index is 10.8. The van der Waals surface area contributed by atoms with Gasteiger partial charge in [-0.2, -0.15) is 0 Å². The minimum Gasteiger partial charge on any atom is -0.465 e. The van der Waals surface area contributed by atoms with Gasteiger partial charge in [-0.15, -0.1) is 0 Å². The van der Waals surface area contributed by atoms with Crippen LogP contribution in [0.2, 0.25) is 0 Å². The van der Waals surface area contributed by atoms with Crippen molar-refractivity contribution in [1.29, 1.82) is 0 Å². The summed E-state index contributed by atoms with van der Waals surface area (Å²) in [5.74, 6) is 0. The van der Waals surface area contributed by atoms with Crippen LogP contribution in [-0.4, -0.2) is 42.1 Å². The van der Waals surface area contributed by atoms with Gasteiger partial charge in [-0.05, 0) is 18.4 Å². The fourth-order valence-electron chi connectivity index (χ4n) is 1.79. The molecular formula is C9H13N3O2. The highest BCUT2D eigenvalue weighted by molar-refractivity contribution is 5.66. The molecule has 0 spiro atoms. The second-order valence-electron chi connectivity index (χ2n) is 3.50. The van der Waals surface area contributed by atoms with E-state index in [1.165, 1.54) is 4.90 Å². The summed E-state index contributed by atoms with van der Waals surface area (Å²) in [6, 6.07) is 0. The van der Waals surface area contributed by atoms with E-state index in [4.69, 9.17) is 5.11 Å². The van der Waals surface area contributed by atoms with Crippen molar-refractivity contribution in [2.24, 2.45) is 4.99 Å². The Hall–Kier alpha value is -1.52. The van der Waals surface area contributed by atoms with Crippen LogP contribution in [0.25, 0.3) is 0 Å². The molecule has 0 aromatic carbocycles. The summed E-state index contributed by atoms with van der Waals surface area (Å²) in [4.78, 5) is 16.4. The maximum Gasteiger partial charge on any atom is 0.407 e. The number of nitrogens with one attached hydrogen (secondary N) is 1. The van der Waals surface area contributed by atoms with Crippen LogP contribution in [0, 0.1) is 0 Å². The lowest BCUT2D eigenvalue weighted by atomic mass is 10.1. The number of carbonyl (C=O) groups is 1. The molecule has 76 valence electrons. The molecule has 0 aliphatic carbocycles. The smallest absolute Gasteiger partial charge is 0.407 e. The van der Waals surface area contributed by atoms with E-state index in [1.54, 1.807) is 6.34 Å². The summed E-state index contributed by atoms with van der Waals surface area (Å²) in [6.45, 7) is 1.74. The number of amides is 1. The van der Waals surface area contributed by atoms with E-state index < -0.39 is 6.09 Å². The molecule has 0 fully saturated rings. The summed E-state index contributed by atoms with van der Waals surface area (Å²) >= 11 is 0. The summed E-state index contributed by atoms with van der Waals surface area (Å²) in [5.41, 5.74) is 2.26. The van der Waals surface area contributed by atoms with E-state index in [1.807, 2.05) is 0 Å². The lowest BCUT2D eigenvalue weighted by molar-refractivity contribution is 0.149. The molecule has 2 rings (SSSR count). The standard InChI is InChI=1S/C9H13N3O2/c13-9(14)12-3-1-2-8-7(5-12)4-10-6-11-8/h6H,1-5H2,(H,10,11)(H,13,14). The van der Waals surface area contributed by atoms with E-state index in [0.29, 0.717) is 19.6 Å². The lowest BCUT2D eigenvalue weighted by Gasteiger charge is -2.19. The number of rotatable bonds is 0. The van der Waals surface area contributed by atoms with Gasteiger partial charge in [-0.3, -0.25) is 4.99 Å². The molecule has 5 nitrogen and oxygen atoms in total. The molecule has 0 saturated carbocycles. The zero-order valence-corrected chi connectivity index (χ0v) is 7.86. The van der Waals surface area contributed by atoms with Crippen LogP contribution in [0.1, 0.15) is 12.8 Å². The van der Waals surface area contributed by atoms with E-state index >= 15 is 0 Å². The number of hydrogen-bond donors (Lipinski definition) is 2. The van der Waals surface area contributed by atoms with Crippen LogP contribution >= 0.6 is 0 Å². The molecule has 0 bridgehead atoms. The third-order valence-electron chi connectivity index (χ3n) is 2.55. The van der Waals surface area contributed by atoms with Crippen molar-refractivity contribution < 1.29 is 9.90 Å². The molecule has 14 heavy (non-hydrogen) atoms. The topological polar surface area (TPSA) is 64.9 Å². The van der Waals surface area contributed by atoms with Crippen LogP contribution in [-0.2, 0) is 0 Å². The van der Waals surface area contributed by atoms with Crippen LogP contribution in [0.5, 0.6) is 0 Å². The van der Waals surface area contributed by atoms with Gasteiger partial charge in [0.15, 0.2) is 0 Å². The minimum atomic E-state index is -0.840. The SMILES string of the molecule is O=C(O)N1CCCC2=C(CN=CN2)C1. The van der Waals surface area contributed by atoms with Crippen molar-refractivity contribution in [1.82, 2.24) is 10.2 Å². The molecule has 0 saturated heterocycles.